The highest BCUT2D eigenvalue weighted by molar-refractivity contribution is 6.04. The van der Waals surface area contributed by atoms with E-state index in [4.69, 9.17) is 0 Å². The number of fused-ring (bicyclic) bond motifs is 1. The van der Waals surface area contributed by atoms with Crippen LogP contribution in [0.5, 0.6) is 0 Å². The van der Waals surface area contributed by atoms with Crippen LogP contribution in [0.25, 0.3) is 10.9 Å². The van der Waals surface area contributed by atoms with Gasteiger partial charge in [-0.2, -0.15) is 0 Å². The average molecular weight is 268 g/mol. The van der Waals surface area contributed by atoms with E-state index < -0.39 is 5.92 Å². The average Bonchev–Trinajstić information content (AvgIpc) is 2.46. The number of aldehydes is 1. The first-order chi connectivity index (χ1) is 9.70. The highest BCUT2D eigenvalue weighted by Gasteiger charge is 2.29. The highest BCUT2D eigenvalue weighted by atomic mass is 16.2. The van der Waals surface area contributed by atoms with Crippen molar-refractivity contribution in [2.24, 2.45) is 0 Å². The zero-order valence-electron chi connectivity index (χ0n) is 10.6. The second kappa shape index (κ2) is 4.85. The molecule has 1 unspecified atom stereocenters. The lowest BCUT2D eigenvalue weighted by atomic mass is 9.88. The maximum absolute atomic E-state index is 12.0. The van der Waals surface area contributed by atoms with Gasteiger partial charge in [-0.15, -0.1) is 0 Å². The van der Waals surface area contributed by atoms with Gasteiger partial charge in [-0.3, -0.25) is 24.7 Å². The Morgan fingerprint density at radius 3 is 2.85 bits per heavy atom. The molecule has 0 radical (unpaired) electrons. The Balaban J connectivity index is 2.15. The first-order valence-electron chi connectivity index (χ1n) is 6.37. The summed E-state index contributed by atoms with van der Waals surface area (Å²) in [5.74, 6) is -0.939. The summed E-state index contributed by atoms with van der Waals surface area (Å²) in [6.07, 6.45) is 3.12. The fraction of sp³-hybridized carbons (Fsp3) is 0.200. The smallest absolute Gasteiger partial charge is 0.234 e. The lowest BCUT2D eigenvalue weighted by molar-refractivity contribution is -0.134. The molecule has 1 fully saturated rings. The number of imide groups is 1. The molecule has 100 valence electrons. The number of nitrogens with one attached hydrogen (secondary N) is 1. The quantitative estimate of drug-likeness (QED) is 0.662. The van der Waals surface area contributed by atoms with E-state index >= 15 is 0 Å². The van der Waals surface area contributed by atoms with Gasteiger partial charge in [-0.05, 0) is 18.1 Å². The maximum Gasteiger partial charge on any atom is 0.234 e. The molecular formula is C15H12N2O3. The molecule has 5 heteroatoms. The molecule has 1 aliphatic rings. The van der Waals surface area contributed by atoms with Crippen LogP contribution in [0, 0.1) is 0 Å². The summed E-state index contributed by atoms with van der Waals surface area (Å²) in [6.45, 7) is 0. The van der Waals surface area contributed by atoms with Crippen molar-refractivity contribution in [2.75, 3.05) is 0 Å². The van der Waals surface area contributed by atoms with Crippen LogP contribution in [0.3, 0.4) is 0 Å². The Morgan fingerprint density at radius 1 is 1.25 bits per heavy atom. The number of rotatable bonds is 2. The number of pyridine rings is 1. The van der Waals surface area contributed by atoms with Gasteiger partial charge in [0.25, 0.3) is 0 Å². The largest absolute Gasteiger partial charge is 0.298 e. The molecule has 2 amide bonds. The number of benzene rings is 1. The minimum atomic E-state index is -0.397. The van der Waals surface area contributed by atoms with Crippen molar-refractivity contribution in [3.8, 4) is 0 Å². The number of nitrogens with zero attached hydrogens (tertiary/aromatic N) is 1. The van der Waals surface area contributed by atoms with Gasteiger partial charge < -0.3 is 0 Å². The number of carbonyl (C=O) groups is 3. The van der Waals surface area contributed by atoms with E-state index in [1.165, 1.54) is 0 Å². The van der Waals surface area contributed by atoms with Gasteiger partial charge >= 0.3 is 0 Å². The molecule has 0 aliphatic carbocycles. The Kier molecular flexibility index (Phi) is 3.02. The highest BCUT2D eigenvalue weighted by Crippen LogP contribution is 2.30. The van der Waals surface area contributed by atoms with Crippen LogP contribution in [0.1, 0.15) is 34.7 Å². The molecule has 0 saturated carbocycles. The van der Waals surface area contributed by atoms with Crippen molar-refractivity contribution < 1.29 is 14.4 Å². The molecule has 3 rings (SSSR count). The fourth-order valence-corrected chi connectivity index (χ4v) is 2.59. The van der Waals surface area contributed by atoms with Crippen molar-refractivity contribution in [3.05, 3.63) is 41.6 Å². The number of aromatic nitrogens is 1. The molecule has 20 heavy (non-hydrogen) atoms. The molecule has 1 N–H and O–H groups in total. The van der Waals surface area contributed by atoms with Gasteiger partial charge in [0.15, 0.2) is 6.29 Å². The molecule has 1 aromatic carbocycles. The van der Waals surface area contributed by atoms with Crippen LogP contribution in [-0.4, -0.2) is 23.1 Å². The van der Waals surface area contributed by atoms with E-state index in [0.717, 1.165) is 17.2 Å². The second-order valence-corrected chi connectivity index (χ2v) is 4.77. The Morgan fingerprint density at radius 2 is 2.10 bits per heavy atom. The summed E-state index contributed by atoms with van der Waals surface area (Å²) >= 11 is 0. The van der Waals surface area contributed by atoms with Crippen LogP contribution in [0.15, 0.2) is 30.5 Å². The number of carbonyl (C=O) groups excluding carboxylic acids is 3. The van der Waals surface area contributed by atoms with Crippen molar-refractivity contribution in [2.45, 2.75) is 18.8 Å². The first kappa shape index (κ1) is 12.5. The van der Waals surface area contributed by atoms with E-state index in [0.29, 0.717) is 23.9 Å². The lowest BCUT2D eigenvalue weighted by Gasteiger charge is -2.22. The van der Waals surface area contributed by atoms with E-state index in [9.17, 15) is 14.4 Å². The van der Waals surface area contributed by atoms with Crippen molar-refractivity contribution >= 4 is 29.0 Å². The number of amides is 2. The first-order valence-corrected chi connectivity index (χ1v) is 6.37. The summed E-state index contributed by atoms with van der Waals surface area (Å²) in [5.41, 5.74) is 1.95. The molecule has 1 atom stereocenters. The maximum atomic E-state index is 12.0. The van der Waals surface area contributed by atoms with Crippen molar-refractivity contribution in [1.29, 1.82) is 0 Å². The van der Waals surface area contributed by atoms with Gasteiger partial charge in [0.2, 0.25) is 11.8 Å². The molecule has 0 spiro atoms. The SMILES string of the molecule is O=Cc1ccnc2c(C3CCC(=O)NC3=O)cccc12. The third-order valence-electron chi connectivity index (χ3n) is 3.58. The number of para-hydroxylation sites is 1. The van der Waals surface area contributed by atoms with Gasteiger partial charge in [0.1, 0.15) is 0 Å². The van der Waals surface area contributed by atoms with E-state index in [-0.39, 0.29) is 11.8 Å². The van der Waals surface area contributed by atoms with E-state index in [1.54, 1.807) is 24.4 Å². The molecule has 5 nitrogen and oxygen atoms in total. The number of piperidine rings is 1. The third kappa shape index (κ3) is 1.97. The predicted octanol–water partition coefficient (Wildman–Crippen LogP) is 1.57. The number of hydrogen-bond acceptors (Lipinski definition) is 4. The molecule has 1 saturated heterocycles. The van der Waals surface area contributed by atoms with Crippen molar-refractivity contribution in [1.82, 2.24) is 10.3 Å². The van der Waals surface area contributed by atoms with Crippen LogP contribution < -0.4 is 5.32 Å². The summed E-state index contributed by atoms with van der Waals surface area (Å²) < 4.78 is 0. The molecule has 2 aromatic rings. The summed E-state index contributed by atoms with van der Waals surface area (Å²) in [4.78, 5) is 38.6. The molecule has 1 aromatic heterocycles. The Bertz CT molecular complexity index is 724. The van der Waals surface area contributed by atoms with E-state index in [1.807, 2.05) is 6.07 Å². The van der Waals surface area contributed by atoms with Gasteiger partial charge in [-0.25, -0.2) is 0 Å². The predicted molar refractivity (Wildman–Crippen MR) is 72.3 cm³/mol. The second-order valence-electron chi connectivity index (χ2n) is 4.77. The summed E-state index contributed by atoms with van der Waals surface area (Å²) in [5, 5.41) is 3.07. The van der Waals surface area contributed by atoms with Crippen LogP contribution in [0.2, 0.25) is 0 Å². The summed E-state index contributed by atoms with van der Waals surface area (Å²) in [7, 11) is 0. The number of hydrogen-bond donors (Lipinski definition) is 1. The van der Waals surface area contributed by atoms with Crippen LogP contribution >= 0.6 is 0 Å². The Labute approximate surface area is 115 Å². The lowest BCUT2D eigenvalue weighted by Crippen LogP contribution is -2.39. The van der Waals surface area contributed by atoms with Gasteiger partial charge in [0, 0.05) is 23.6 Å². The zero-order valence-corrected chi connectivity index (χ0v) is 10.6. The van der Waals surface area contributed by atoms with Crippen molar-refractivity contribution in [3.63, 3.8) is 0 Å². The monoisotopic (exact) mass is 268 g/mol. The van der Waals surface area contributed by atoms with E-state index in [2.05, 4.69) is 10.3 Å². The zero-order chi connectivity index (χ0) is 14.1. The Hall–Kier alpha value is -2.56. The molecule has 1 aliphatic heterocycles. The molecular weight excluding hydrogens is 256 g/mol. The summed E-state index contributed by atoms with van der Waals surface area (Å²) in [6, 6.07) is 7.07. The normalized spacial score (nSPS) is 18.9. The standard InChI is InChI=1S/C15H12N2O3/c18-8-9-6-7-16-14-10(9)2-1-3-11(14)12-4-5-13(19)17-15(12)20/h1-3,6-8,12H,4-5H2,(H,17,19,20). The molecule has 0 bridgehead atoms. The van der Waals surface area contributed by atoms with Gasteiger partial charge in [0.05, 0.1) is 11.4 Å². The minimum Gasteiger partial charge on any atom is -0.298 e. The topological polar surface area (TPSA) is 76.1 Å². The van der Waals surface area contributed by atoms with Gasteiger partial charge in [-0.1, -0.05) is 18.2 Å². The minimum absolute atomic E-state index is 0.243. The molecule has 2 heterocycles. The van der Waals surface area contributed by atoms with Crippen LogP contribution in [-0.2, 0) is 9.59 Å². The fourth-order valence-electron chi connectivity index (χ4n) is 2.59. The third-order valence-corrected chi connectivity index (χ3v) is 3.58. The van der Waals surface area contributed by atoms with Crippen LogP contribution in [0.4, 0.5) is 0 Å².